The van der Waals surface area contributed by atoms with Crippen molar-refractivity contribution in [1.29, 1.82) is 0 Å². The van der Waals surface area contributed by atoms with Crippen LogP contribution >= 0.6 is 0 Å². The monoisotopic (exact) mass is 327 g/mol. The lowest BCUT2D eigenvalue weighted by molar-refractivity contribution is -0.402. The van der Waals surface area contributed by atoms with Crippen molar-refractivity contribution in [3.8, 4) is 0 Å². The van der Waals surface area contributed by atoms with Gasteiger partial charge in [0.2, 0.25) is 0 Å². The highest BCUT2D eigenvalue weighted by Gasteiger charge is 2.30. The van der Waals surface area contributed by atoms with E-state index >= 15 is 0 Å². The first-order chi connectivity index (χ1) is 10.8. The molecule has 23 heavy (non-hydrogen) atoms. The molecule has 2 rings (SSSR count). The quantitative estimate of drug-likeness (QED) is 0.530. The molecule has 0 fully saturated rings. The molecule has 10 heteroatoms. The Morgan fingerprint density at radius 2 is 1.87 bits per heavy atom. The second-order valence-electron chi connectivity index (χ2n) is 4.21. The molecule has 2 aromatic rings. The summed E-state index contributed by atoms with van der Waals surface area (Å²) < 4.78 is 41.9. The summed E-state index contributed by atoms with van der Waals surface area (Å²) in [7, 11) is 0. The summed E-state index contributed by atoms with van der Waals surface area (Å²) in [6, 6.07) is 5.94. The van der Waals surface area contributed by atoms with Crippen LogP contribution in [0.1, 0.15) is 21.7 Å². The molecular formula is C13H8F3N3O4. The number of furan rings is 1. The molecule has 0 saturated carbocycles. The summed E-state index contributed by atoms with van der Waals surface area (Å²) in [5, 5.41) is 13.9. The van der Waals surface area contributed by atoms with Gasteiger partial charge in [-0.3, -0.25) is 14.9 Å². The van der Waals surface area contributed by atoms with Crippen molar-refractivity contribution in [2.24, 2.45) is 5.10 Å². The smallest absolute Gasteiger partial charge is 0.400 e. The van der Waals surface area contributed by atoms with E-state index in [0.29, 0.717) is 0 Å². The topological polar surface area (TPSA) is 97.7 Å². The van der Waals surface area contributed by atoms with Crippen LogP contribution in [0.4, 0.5) is 19.1 Å². The molecule has 1 N–H and O–H groups in total. The summed E-state index contributed by atoms with van der Waals surface area (Å²) in [6.45, 7) is 0. The van der Waals surface area contributed by atoms with Gasteiger partial charge in [0.1, 0.15) is 4.92 Å². The number of nitro groups is 1. The highest BCUT2D eigenvalue weighted by molar-refractivity contribution is 5.94. The van der Waals surface area contributed by atoms with Crippen LogP contribution in [0.25, 0.3) is 0 Å². The van der Waals surface area contributed by atoms with E-state index in [1.165, 1.54) is 6.07 Å². The molecule has 0 saturated heterocycles. The van der Waals surface area contributed by atoms with Crippen LogP contribution in [0.3, 0.4) is 0 Å². The number of benzene rings is 1. The van der Waals surface area contributed by atoms with Crippen LogP contribution in [0, 0.1) is 10.1 Å². The second kappa shape index (κ2) is 6.30. The van der Waals surface area contributed by atoms with Crippen LogP contribution in [0.2, 0.25) is 0 Å². The fraction of sp³-hybridized carbons (Fsp3) is 0.0769. The molecule has 0 spiro atoms. The van der Waals surface area contributed by atoms with Gasteiger partial charge in [-0.25, -0.2) is 5.43 Å². The number of nitrogens with zero attached hydrogens (tertiary/aromatic N) is 2. The van der Waals surface area contributed by atoms with E-state index in [-0.39, 0.29) is 11.3 Å². The minimum Gasteiger partial charge on any atom is -0.400 e. The number of hydrazone groups is 1. The van der Waals surface area contributed by atoms with E-state index < -0.39 is 28.5 Å². The number of amides is 1. The first-order valence-electron chi connectivity index (χ1n) is 6.02. The predicted molar refractivity (Wildman–Crippen MR) is 71.9 cm³/mol. The molecule has 0 aliphatic heterocycles. The van der Waals surface area contributed by atoms with Crippen molar-refractivity contribution in [3.05, 3.63) is 63.4 Å². The number of carbonyl (C=O) groups is 1. The van der Waals surface area contributed by atoms with Crippen LogP contribution in [0.5, 0.6) is 0 Å². The molecule has 1 heterocycles. The van der Waals surface area contributed by atoms with E-state index in [1.54, 1.807) is 0 Å². The molecule has 0 aliphatic carbocycles. The summed E-state index contributed by atoms with van der Waals surface area (Å²) in [6.07, 6.45) is -3.46. The fourth-order valence-corrected chi connectivity index (χ4v) is 1.54. The van der Waals surface area contributed by atoms with E-state index in [1.807, 2.05) is 0 Å². The number of rotatable bonds is 4. The molecule has 7 nitrogen and oxygen atoms in total. The van der Waals surface area contributed by atoms with Crippen molar-refractivity contribution in [1.82, 2.24) is 5.43 Å². The average molecular weight is 327 g/mol. The Balaban J connectivity index is 1.98. The number of hydrogen-bond donors (Lipinski definition) is 1. The normalized spacial score (nSPS) is 11.6. The van der Waals surface area contributed by atoms with Crippen LogP contribution in [0.15, 0.2) is 45.9 Å². The Labute approximate surface area is 126 Å². The molecule has 0 radical (unpaired) electrons. The zero-order chi connectivity index (χ0) is 17.0. The van der Waals surface area contributed by atoms with Crippen molar-refractivity contribution in [2.75, 3.05) is 0 Å². The first-order valence-corrected chi connectivity index (χ1v) is 6.02. The van der Waals surface area contributed by atoms with Gasteiger partial charge in [-0.1, -0.05) is 0 Å². The maximum absolute atomic E-state index is 12.4. The lowest BCUT2D eigenvalue weighted by Gasteiger charge is -2.06. The highest BCUT2D eigenvalue weighted by Crippen LogP contribution is 2.29. The van der Waals surface area contributed by atoms with Gasteiger partial charge in [0.15, 0.2) is 5.76 Å². The summed E-state index contributed by atoms with van der Waals surface area (Å²) in [4.78, 5) is 21.3. The minimum absolute atomic E-state index is 0.0272. The van der Waals surface area contributed by atoms with Gasteiger partial charge in [0.05, 0.1) is 17.8 Å². The molecule has 120 valence electrons. The second-order valence-corrected chi connectivity index (χ2v) is 4.21. The molecule has 0 bridgehead atoms. The maximum Gasteiger partial charge on any atom is 0.433 e. The first kappa shape index (κ1) is 16.2. The maximum atomic E-state index is 12.4. The number of halogens is 3. The third-order valence-electron chi connectivity index (χ3n) is 2.62. The van der Waals surface area contributed by atoms with Crippen LogP contribution in [-0.4, -0.2) is 17.0 Å². The zero-order valence-electron chi connectivity index (χ0n) is 11.2. The van der Waals surface area contributed by atoms with Gasteiger partial charge in [-0.2, -0.15) is 18.3 Å². The Hall–Kier alpha value is -3.17. The molecular weight excluding hydrogens is 319 g/mol. The number of carbonyl (C=O) groups excluding carboxylic acids is 1. The third kappa shape index (κ3) is 4.15. The molecule has 0 atom stereocenters. The molecule has 0 aliphatic rings. The molecule has 1 amide bonds. The molecule has 1 aromatic carbocycles. The molecule has 1 aromatic heterocycles. The van der Waals surface area contributed by atoms with Crippen molar-refractivity contribution in [3.63, 3.8) is 0 Å². The Bertz CT molecular complexity index is 751. The van der Waals surface area contributed by atoms with E-state index in [4.69, 9.17) is 4.42 Å². The van der Waals surface area contributed by atoms with E-state index in [9.17, 15) is 28.1 Å². The summed E-state index contributed by atoms with van der Waals surface area (Å²) in [5.41, 5.74) is 1.16. The average Bonchev–Trinajstić information content (AvgIpc) is 2.95. The van der Waals surface area contributed by atoms with Crippen molar-refractivity contribution >= 4 is 18.0 Å². The Kier molecular flexibility index (Phi) is 4.44. The van der Waals surface area contributed by atoms with Gasteiger partial charge in [0.25, 0.3) is 5.91 Å². The predicted octanol–water partition coefficient (Wildman–Crippen LogP) is 2.97. The Morgan fingerprint density at radius 3 is 2.39 bits per heavy atom. The fourth-order valence-electron chi connectivity index (χ4n) is 1.54. The van der Waals surface area contributed by atoms with E-state index in [2.05, 4.69) is 10.5 Å². The summed E-state index contributed by atoms with van der Waals surface area (Å²) >= 11 is 0. The van der Waals surface area contributed by atoms with Gasteiger partial charge < -0.3 is 4.42 Å². The van der Waals surface area contributed by atoms with E-state index in [0.717, 1.165) is 36.5 Å². The number of alkyl halides is 3. The van der Waals surface area contributed by atoms with Gasteiger partial charge >= 0.3 is 12.1 Å². The van der Waals surface area contributed by atoms with Crippen LogP contribution < -0.4 is 5.43 Å². The zero-order valence-corrected chi connectivity index (χ0v) is 11.2. The number of nitrogens with one attached hydrogen (secondary N) is 1. The SMILES string of the molecule is O=C(N/N=C\c1ccc([N+](=O)[O-])o1)c1ccc(C(F)(F)F)cc1. The van der Waals surface area contributed by atoms with Gasteiger partial charge in [-0.15, -0.1) is 0 Å². The Morgan fingerprint density at radius 1 is 1.22 bits per heavy atom. The van der Waals surface area contributed by atoms with Crippen LogP contribution in [-0.2, 0) is 6.18 Å². The van der Waals surface area contributed by atoms with Gasteiger partial charge in [-0.05, 0) is 30.3 Å². The third-order valence-corrected chi connectivity index (χ3v) is 2.62. The highest BCUT2D eigenvalue weighted by atomic mass is 19.4. The van der Waals surface area contributed by atoms with Crippen molar-refractivity contribution < 1.29 is 27.3 Å². The standard InChI is InChI=1S/C13H8F3N3O4/c14-13(15,16)9-3-1-8(2-4-9)12(20)18-17-7-10-5-6-11(23-10)19(21)22/h1-7H,(H,18,20)/b17-7-. The minimum atomic E-state index is -4.48. The summed E-state index contributed by atoms with van der Waals surface area (Å²) in [5.74, 6) is -1.19. The van der Waals surface area contributed by atoms with Crippen molar-refractivity contribution in [2.45, 2.75) is 6.18 Å². The lowest BCUT2D eigenvalue weighted by atomic mass is 10.1. The number of hydrogen-bond acceptors (Lipinski definition) is 5. The lowest BCUT2D eigenvalue weighted by Crippen LogP contribution is -2.17. The van der Waals surface area contributed by atoms with Gasteiger partial charge in [0, 0.05) is 5.56 Å². The largest absolute Gasteiger partial charge is 0.433 e. The molecule has 0 unspecified atom stereocenters.